The van der Waals surface area contributed by atoms with Crippen LogP contribution in [-0.2, 0) is 16.4 Å². The highest BCUT2D eigenvalue weighted by molar-refractivity contribution is 7.89. The van der Waals surface area contributed by atoms with Gasteiger partial charge in [-0.25, -0.2) is 17.7 Å². The van der Waals surface area contributed by atoms with Gasteiger partial charge in [0, 0.05) is 26.2 Å². The molecular formula is C23H30N4O3S2. The molecule has 9 heteroatoms. The minimum absolute atomic E-state index is 0.158. The molecule has 0 radical (unpaired) electrons. The van der Waals surface area contributed by atoms with Gasteiger partial charge in [-0.3, -0.25) is 9.69 Å². The van der Waals surface area contributed by atoms with Gasteiger partial charge in [-0.05, 0) is 75.4 Å². The first-order valence-corrected chi connectivity index (χ1v) is 12.8. The van der Waals surface area contributed by atoms with Crippen molar-refractivity contribution in [3.8, 4) is 0 Å². The summed E-state index contributed by atoms with van der Waals surface area (Å²) < 4.78 is 26.9. The quantitative estimate of drug-likeness (QED) is 0.473. The van der Waals surface area contributed by atoms with E-state index in [2.05, 4.69) is 24.0 Å². The molecule has 1 aromatic heterocycles. The van der Waals surface area contributed by atoms with Crippen LogP contribution in [0, 0.1) is 0 Å². The molecule has 0 aliphatic rings. The van der Waals surface area contributed by atoms with Crippen molar-refractivity contribution in [1.29, 1.82) is 0 Å². The molecule has 0 saturated heterocycles. The van der Waals surface area contributed by atoms with Crippen molar-refractivity contribution < 1.29 is 13.2 Å². The number of nitrogens with zero attached hydrogens (tertiary/aromatic N) is 4. The van der Waals surface area contributed by atoms with Crippen molar-refractivity contribution in [3.63, 3.8) is 0 Å². The standard InChI is InChI=1S/C23H30N4O3S2/c1-6-17-8-13-20-21(16-17)31-23(24-20)27(15-7-14-25(2)3)22(28)18-9-11-19(12-10-18)32(29,30)26(4)5/h8-13,16H,6-7,14-15H2,1-5H3. The van der Waals surface area contributed by atoms with E-state index in [1.165, 1.54) is 43.1 Å². The summed E-state index contributed by atoms with van der Waals surface area (Å²) in [5, 5.41) is 0.655. The number of aryl methyl sites for hydroxylation is 1. The summed E-state index contributed by atoms with van der Waals surface area (Å²) >= 11 is 1.51. The molecule has 0 bridgehead atoms. The number of carbonyl (C=O) groups excluding carboxylic acids is 1. The van der Waals surface area contributed by atoms with E-state index in [-0.39, 0.29) is 10.8 Å². The van der Waals surface area contributed by atoms with Gasteiger partial charge in [0.15, 0.2) is 5.13 Å². The van der Waals surface area contributed by atoms with Crippen LogP contribution in [0.5, 0.6) is 0 Å². The third-order valence-electron chi connectivity index (χ3n) is 5.19. The van der Waals surface area contributed by atoms with Gasteiger partial charge in [0.05, 0.1) is 15.1 Å². The van der Waals surface area contributed by atoms with Gasteiger partial charge in [-0.2, -0.15) is 0 Å². The number of hydrogen-bond acceptors (Lipinski definition) is 6. The molecule has 2 aromatic carbocycles. The monoisotopic (exact) mass is 474 g/mol. The molecule has 0 atom stereocenters. The van der Waals surface area contributed by atoms with Gasteiger partial charge >= 0.3 is 0 Å². The van der Waals surface area contributed by atoms with Crippen LogP contribution >= 0.6 is 11.3 Å². The Morgan fingerprint density at radius 1 is 1.00 bits per heavy atom. The number of thiazole rings is 1. The molecule has 0 aliphatic carbocycles. The van der Waals surface area contributed by atoms with Gasteiger partial charge < -0.3 is 4.90 Å². The molecule has 0 spiro atoms. The third-order valence-corrected chi connectivity index (χ3v) is 8.06. The maximum atomic E-state index is 13.4. The molecule has 0 saturated carbocycles. The fraction of sp³-hybridized carbons (Fsp3) is 0.391. The van der Waals surface area contributed by atoms with Gasteiger partial charge in [0.25, 0.3) is 5.91 Å². The minimum Gasteiger partial charge on any atom is -0.309 e. The average Bonchev–Trinajstić information content (AvgIpc) is 3.18. The van der Waals surface area contributed by atoms with Gasteiger partial charge in [0.1, 0.15) is 0 Å². The summed E-state index contributed by atoms with van der Waals surface area (Å²) in [6.07, 6.45) is 1.73. The van der Waals surface area contributed by atoms with Crippen molar-refractivity contribution in [3.05, 3.63) is 53.6 Å². The molecule has 3 aromatic rings. The normalized spacial score (nSPS) is 12.1. The smallest absolute Gasteiger partial charge is 0.260 e. The lowest BCUT2D eigenvalue weighted by Crippen LogP contribution is -2.33. The molecular weight excluding hydrogens is 444 g/mol. The highest BCUT2D eigenvalue weighted by atomic mass is 32.2. The van der Waals surface area contributed by atoms with Crippen LogP contribution in [0.15, 0.2) is 47.4 Å². The molecule has 7 nitrogen and oxygen atoms in total. The highest BCUT2D eigenvalue weighted by Gasteiger charge is 2.23. The zero-order valence-electron chi connectivity index (χ0n) is 19.2. The van der Waals surface area contributed by atoms with Crippen molar-refractivity contribution in [1.82, 2.24) is 14.2 Å². The second-order valence-corrected chi connectivity index (χ2v) is 11.2. The van der Waals surface area contributed by atoms with Crippen molar-refractivity contribution in [2.45, 2.75) is 24.7 Å². The SMILES string of the molecule is CCc1ccc2nc(N(CCCN(C)C)C(=O)c3ccc(S(=O)(=O)N(C)C)cc3)sc2c1. The zero-order valence-corrected chi connectivity index (χ0v) is 20.8. The number of sulfonamides is 1. The van der Waals surface area contributed by atoms with E-state index >= 15 is 0 Å². The molecule has 0 aliphatic heterocycles. The van der Waals surface area contributed by atoms with Gasteiger partial charge in [-0.1, -0.05) is 24.3 Å². The molecule has 172 valence electrons. The van der Waals surface area contributed by atoms with Crippen LogP contribution in [0.3, 0.4) is 0 Å². The molecule has 0 N–H and O–H groups in total. The summed E-state index contributed by atoms with van der Waals surface area (Å²) in [6.45, 7) is 3.48. The molecule has 0 fully saturated rings. The van der Waals surface area contributed by atoms with Gasteiger partial charge in [-0.15, -0.1) is 0 Å². The predicted octanol–water partition coefficient (Wildman–Crippen LogP) is 3.71. The van der Waals surface area contributed by atoms with Crippen LogP contribution in [0.4, 0.5) is 5.13 Å². The summed E-state index contributed by atoms with van der Waals surface area (Å²) in [4.78, 5) is 22.1. The number of rotatable bonds is 9. The Hall–Kier alpha value is -2.33. The van der Waals surface area contributed by atoms with E-state index in [0.717, 1.165) is 33.9 Å². The molecule has 32 heavy (non-hydrogen) atoms. The van der Waals surface area contributed by atoms with E-state index in [1.807, 2.05) is 20.2 Å². The lowest BCUT2D eigenvalue weighted by molar-refractivity contribution is 0.0986. The average molecular weight is 475 g/mol. The number of carbonyl (C=O) groups is 1. The fourth-order valence-electron chi connectivity index (χ4n) is 3.26. The number of anilines is 1. The van der Waals surface area contributed by atoms with Crippen LogP contribution < -0.4 is 4.90 Å². The predicted molar refractivity (Wildman–Crippen MR) is 131 cm³/mol. The molecule has 3 rings (SSSR count). The third kappa shape index (κ3) is 5.35. The fourth-order valence-corrected chi connectivity index (χ4v) is 5.21. The maximum Gasteiger partial charge on any atom is 0.260 e. The topological polar surface area (TPSA) is 73.8 Å². The van der Waals surface area contributed by atoms with E-state index in [9.17, 15) is 13.2 Å². The van der Waals surface area contributed by atoms with E-state index in [4.69, 9.17) is 4.98 Å². The Labute approximate surface area is 194 Å². The van der Waals surface area contributed by atoms with E-state index in [1.54, 1.807) is 17.0 Å². The highest BCUT2D eigenvalue weighted by Crippen LogP contribution is 2.31. The summed E-state index contributed by atoms with van der Waals surface area (Å²) in [5.74, 6) is -0.188. The molecule has 1 amide bonds. The minimum atomic E-state index is -3.55. The lowest BCUT2D eigenvalue weighted by Gasteiger charge is -2.21. The maximum absolute atomic E-state index is 13.4. The Kier molecular flexibility index (Phi) is 7.66. The lowest BCUT2D eigenvalue weighted by atomic mass is 10.2. The first kappa shape index (κ1) is 24.3. The summed E-state index contributed by atoms with van der Waals surface area (Å²) in [7, 11) is 3.42. The second kappa shape index (κ2) is 10.1. The Morgan fingerprint density at radius 3 is 2.28 bits per heavy atom. The molecule has 1 heterocycles. The number of fused-ring (bicyclic) bond motifs is 1. The van der Waals surface area contributed by atoms with E-state index < -0.39 is 10.0 Å². The van der Waals surface area contributed by atoms with Crippen molar-refractivity contribution in [2.24, 2.45) is 0 Å². The first-order valence-electron chi connectivity index (χ1n) is 10.5. The zero-order chi connectivity index (χ0) is 23.5. The van der Waals surface area contributed by atoms with Crippen molar-refractivity contribution in [2.75, 3.05) is 46.2 Å². The summed E-state index contributed by atoms with van der Waals surface area (Å²) in [6, 6.07) is 12.3. The number of aromatic nitrogens is 1. The van der Waals surface area contributed by atoms with Crippen LogP contribution in [0.2, 0.25) is 0 Å². The van der Waals surface area contributed by atoms with Crippen LogP contribution in [-0.4, -0.2) is 69.8 Å². The summed E-state index contributed by atoms with van der Waals surface area (Å²) in [5.41, 5.74) is 2.54. The van der Waals surface area contributed by atoms with Crippen molar-refractivity contribution >= 4 is 42.6 Å². The second-order valence-electron chi connectivity index (χ2n) is 8.08. The number of amides is 1. The largest absolute Gasteiger partial charge is 0.309 e. The Balaban J connectivity index is 1.94. The number of benzene rings is 2. The Bertz CT molecular complexity index is 1190. The van der Waals surface area contributed by atoms with Crippen LogP contribution in [0.1, 0.15) is 29.3 Å². The number of hydrogen-bond donors (Lipinski definition) is 0. The first-order chi connectivity index (χ1) is 15.1. The van der Waals surface area contributed by atoms with Crippen LogP contribution in [0.25, 0.3) is 10.2 Å². The Morgan fingerprint density at radius 2 is 1.69 bits per heavy atom. The molecule has 0 unspecified atom stereocenters. The van der Waals surface area contributed by atoms with Gasteiger partial charge in [0.2, 0.25) is 10.0 Å². The van der Waals surface area contributed by atoms with E-state index in [0.29, 0.717) is 17.2 Å².